The lowest BCUT2D eigenvalue weighted by Crippen LogP contribution is -1.82. The van der Waals surface area contributed by atoms with Crippen LogP contribution in [0.3, 0.4) is 0 Å². The number of hydrogen-bond acceptors (Lipinski definition) is 3. The Labute approximate surface area is 89.0 Å². The number of fused-ring (bicyclic) bond motifs is 1. The standard InChI is InChI=1S/C10H6BrNO2/c1-13-9-4-7(11)2-6-3-8(5-12)14-10(6)9/h2-4H,1H3. The summed E-state index contributed by atoms with van der Waals surface area (Å²) >= 11 is 3.35. The first-order chi connectivity index (χ1) is 6.74. The molecule has 0 radical (unpaired) electrons. The maximum atomic E-state index is 8.68. The summed E-state index contributed by atoms with van der Waals surface area (Å²) in [5.74, 6) is 0.910. The molecule has 70 valence electrons. The number of hydrogen-bond donors (Lipinski definition) is 0. The van der Waals surface area contributed by atoms with Gasteiger partial charge in [-0.3, -0.25) is 0 Å². The fourth-order valence-corrected chi connectivity index (χ4v) is 1.75. The van der Waals surface area contributed by atoms with Crippen molar-refractivity contribution in [1.29, 1.82) is 5.26 Å². The molecule has 1 aromatic heterocycles. The predicted molar refractivity (Wildman–Crippen MR) is 55.2 cm³/mol. The van der Waals surface area contributed by atoms with Crippen LogP contribution in [-0.2, 0) is 0 Å². The van der Waals surface area contributed by atoms with Crippen molar-refractivity contribution in [3.8, 4) is 11.8 Å². The van der Waals surface area contributed by atoms with E-state index in [-0.39, 0.29) is 5.76 Å². The van der Waals surface area contributed by atoms with E-state index in [1.165, 1.54) is 0 Å². The number of ether oxygens (including phenoxy) is 1. The molecule has 0 N–H and O–H groups in total. The van der Waals surface area contributed by atoms with Gasteiger partial charge in [-0.05, 0) is 12.1 Å². The van der Waals surface area contributed by atoms with Crippen LogP contribution in [0.5, 0.6) is 5.75 Å². The Kier molecular flexibility index (Phi) is 2.18. The molecule has 4 heteroatoms. The Bertz CT molecular complexity index is 525. The minimum Gasteiger partial charge on any atom is -0.493 e. The maximum absolute atomic E-state index is 8.68. The fraction of sp³-hybridized carbons (Fsp3) is 0.100. The summed E-state index contributed by atoms with van der Waals surface area (Å²) in [6, 6.07) is 7.31. The lowest BCUT2D eigenvalue weighted by molar-refractivity contribution is 0.409. The van der Waals surface area contributed by atoms with Crippen molar-refractivity contribution in [1.82, 2.24) is 0 Å². The molecule has 2 rings (SSSR count). The molecule has 0 bridgehead atoms. The molecule has 0 amide bonds. The smallest absolute Gasteiger partial charge is 0.205 e. The second-order valence-electron chi connectivity index (χ2n) is 2.75. The molecule has 0 fully saturated rings. The summed E-state index contributed by atoms with van der Waals surface area (Å²) in [7, 11) is 1.57. The maximum Gasteiger partial charge on any atom is 0.205 e. The molecular formula is C10H6BrNO2. The van der Waals surface area contributed by atoms with Gasteiger partial charge in [0.2, 0.25) is 5.76 Å². The Morgan fingerprint density at radius 1 is 1.43 bits per heavy atom. The van der Waals surface area contributed by atoms with Crippen molar-refractivity contribution in [2.24, 2.45) is 0 Å². The second-order valence-corrected chi connectivity index (χ2v) is 3.66. The third kappa shape index (κ3) is 1.36. The monoisotopic (exact) mass is 251 g/mol. The fourth-order valence-electron chi connectivity index (χ4n) is 1.29. The van der Waals surface area contributed by atoms with Crippen LogP contribution in [0.15, 0.2) is 27.1 Å². The highest BCUT2D eigenvalue weighted by Crippen LogP contribution is 2.32. The molecule has 0 saturated heterocycles. The Morgan fingerprint density at radius 2 is 2.21 bits per heavy atom. The first-order valence-electron chi connectivity index (χ1n) is 3.92. The minimum atomic E-state index is 0.288. The Balaban J connectivity index is 2.79. The second kappa shape index (κ2) is 3.35. The highest BCUT2D eigenvalue weighted by molar-refractivity contribution is 9.10. The van der Waals surface area contributed by atoms with E-state index in [4.69, 9.17) is 14.4 Å². The van der Waals surface area contributed by atoms with Crippen LogP contribution in [-0.4, -0.2) is 7.11 Å². The molecule has 0 aliphatic carbocycles. The number of nitriles is 1. The molecule has 1 aromatic carbocycles. The lowest BCUT2D eigenvalue weighted by Gasteiger charge is -2.00. The van der Waals surface area contributed by atoms with E-state index in [9.17, 15) is 0 Å². The van der Waals surface area contributed by atoms with Crippen LogP contribution in [0.4, 0.5) is 0 Å². The van der Waals surface area contributed by atoms with Gasteiger partial charge in [0.25, 0.3) is 0 Å². The molecule has 1 heterocycles. The minimum absolute atomic E-state index is 0.288. The first-order valence-corrected chi connectivity index (χ1v) is 4.71. The summed E-state index contributed by atoms with van der Waals surface area (Å²) in [5, 5.41) is 9.53. The van der Waals surface area contributed by atoms with Crippen LogP contribution in [0.25, 0.3) is 11.0 Å². The molecule has 0 aliphatic heterocycles. The zero-order valence-corrected chi connectivity index (χ0v) is 8.96. The van der Waals surface area contributed by atoms with Crippen molar-refractivity contribution in [2.75, 3.05) is 7.11 Å². The van der Waals surface area contributed by atoms with Gasteiger partial charge in [-0.1, -0.05) is 15.9 Å². The average molecular weight is 252 g/mol. The summed E-state index contributed by atoms with van der Waals surface area (Å²) in [6.07, 6.45) is 0. The number of benzene rings is 1. The molecule has 0 unspecified atom stereocenters. The van der Waals surface area contributed by atoms with Crippen molar-refractivity contribution >= 4 is 26.9 Å². The SMILES string of the molecule is COc1cc(Br)cc2cc(C#N)oc12. The van der Waals surface area contributed by atoms with Gasteiger partial charge in [0, 0.05) is 15.9 Å². The van der Waals surface area contributed by atoms with Gasteiger partial charge < -0.3 is 9.15 Å². The highest BCUT2D eigenvalue weighted by Gasteiger charge is 2.09. The number of rotatable bonds is 1. The van der Waals surface area contributed by atoms with Crippen molar-refractivity contribution < 1.29 is 9.15 Å². The van der Waals surface area contributed by atoms with Gasteiger partial charge in [0.05, 0.1) is 7.11 Å². The molecule has 0 saturated carbocycles. The van der Waals surface area contributed by atoms with Crippen LogP contribution in [0.2, 0.25) is 0 Å². The average Bonchev–Trinajstić information content (AvgIpc) is 2.59. The molecule has 3 nitrogen and oxygen atoms in total. The largest absolute Gasteiger partial charge is 0.493 e. The molecule has 0 aliphatic rings. The molecular weight excluding hydrogens is 246 g/mol. The highest BCUT2D eigenvalue weighted by atomic mass is 79.9. The van der Waals surface area contributed by atoms with Gasteiger partial charge in [0.1, 0.15) is 6.07 Å². The van der Waals surface area contributed by atoms with Gasteiger partial charge >= 0.3 is 0 Å². The number of halogens is 1. The summed E-state index contributed by atoms with van der Waals surface area (Å²) in [6.45, 7) is 0. The predicted octanol–water partition coefficient (Wildman–Crippen LogP) is 3.08. The van der Waals surface area contributed by atoms with Gasteiger partial charge in [0.15, 0.2) is 11.3 Å². The van der Waals surface area contributed by atoms with Gasteiger partial charge in [-0.2, -0.15) is 5.26 Å². The van der Waals surface area contributed by atoms with E-state index >= 15 is 0 Å². The van der Waals surface area contributed by atoms with Crippen LogP contribution in [0.1, 0.15) is 5.76 Å². The van der Waals surface area contributed by atoms with Crippen LogP contribution in [0, 0.1) is 11.3 Å². The van der Waals surface area contributed by atoms with Crippen molar-refractivity contribution in [2.45, 2.75) is 0 Å². The van der Waals surface area contributed by atoms with Gasteiger partial charge in [-0.15, -0.1) is 0 Å². The molecule has 2 aromatic rings. The molecule has 0 spiro atoms. The van der Waals surface area contributed by atoms with Crippen LogP contribution >= 0.6 is 15.9 Å². The molecule has 14 heavy (non-hydrogen) atoms. The third-order valence-corrected chi connectivity index (χ3v) is 2.33. The van der Waals surface area contributed by atoms with E-state index in [2.05, 4.69) is 15.9 Å². The van der Waals surface area contributed by atoms with Crippen molar-refractivity contribution in [3.05, 3.63) is 28.4 Å². The summed E-state index contributed by atoms with van der Waals surface area (Å²) in [5.41, 5.74) is 0.604. The number of furan rings is 1. The van der Waals surface area contributed by atoms with E-state index in [0.717, 1.165) is 9.86 Å². The zero-order chi connectivity index (χ0) is 10.1. The van der Waals surface area contributed by atoms with E-state index in [1.54, 1.807) is 19.2 Å². The number of nitrogens with zero attached hydrogens (tertiary/aromatic N) is 1. The van der Waals surface area contributed by atoms with Crippen LogP contribution < -0.4 is 4.74 Å². The van der Waals surface area contributed by atoms with E-state index < -0.39 is 0 Å². The van der Waals surface area contributed by atoms with Crippen molar-refractivity contribution in [3.63, 3.8) is 0 Å². The lowest BCUT2D eigenvalue weighted by atomic mass is 10.2. The summed E-state index contributed by atoms with van der Waals surface area (Å²) in [4.78, 5) is 0. The first kappa shape index (κ1) is 9.10. The third-order valence-electron chi connectivity index (χ3n) is 1.88. The quantitative estimate of drug-likeness (QED) is 0.783. The Morgan fingerprint density at radius 3 is 2.86 bits per heavy atom. The molecule has 0 atom stereocenters. The van der Waals surface area contributed by atoms with E-state index in [0.29, 0.717) is 11.3 Å². The van der Waals surface area contributed by atoms with Gasteiger partial charge in [-0.25, -0.2) is 0 Å². The summed E-state index contributed by atoms with van der Waals surface area (Å²) < 4.78 is 11.3. The van der Waals surface area contributed by atoms with E-state index in [1.807, 2.05) is 12.1 Å². The zero-order valence-electron chi connectivity index (χ0n) is 7.37. The number of methoxy groups -OCH3 is 1. The topological polar surface area (TPSA) is 46.2 Å². The Hall–Kier alpha value is -1.47. The normalized spacial score (nSPS) is 10.1.